The van der Waals surface area contributed by atoms with E-state index in [1.54, 1.807) is 0 Å². The predicted octanol–water partition coefficient (Wildman–Crippen LogP) is 3.03. The molecule has 1 nitrogen and oxygen atoms in total. The van der Waals surface area contributed by atoms with E-state index < -0.39 is 0 Å². The Bertz CT molecular complexity index is 350. The highest BCUT2D eigenvalue weighted by atomic mass is 14.5. The number of benzene rings is 1. The highest BCUT2D eigenvalue weighted by Crippen LogP contribution is 2.34. The smallest absolute Gasteiger partial charge is 0.0445 e. The molecule has 0 atom stereocenters. The average molecular weight is 173 g/mol. The van der Waals surface area contributed by atoms with Crippen LogP contribution >= 0.6 is 0 Å². The van der Waals surface area contributed by atoms with Crippen LogP contribution in [0.15, 0.2) is 24.3 Å². The maximum absolute atomic E-state index is 8.07. The van der Waals surface area contributed by atoms with Gasteiger partial charge in [0.25, 0.3) is 0 Å². The zero-order chi connectivity index (χ0) is 9.47. The van der Waals surface area contributed by atoms with Crippen LogP contribution in [0.4, 0.5) is 0 Å². The van der Waals surface area contributed by atoms with Crippen molar-refractivity contribution in [2.24, 2.45) is 5.41 Å². The molecule has 1 heteroatoms. The van der Waals surface area contributed by atoms with Crippen LogP contribution in [0.5, 0.6) is 0 Å². The molecule has 1 aliphatic rings. The monoisotopic (exact) mass is 173 g/mol. The molecule has 0 spiro atoms. The Kier molecular flexibility index (Phi) is 1.76. The van der Waals surface area contributed by atoms with Gasteiger partial charge in [0.15, 0.2) is 0 Å². The summed E-state index contributed by atoms with van der Waals surface area (Å²) in [6.07, 6.45) is 2.22. The molecule has 0 aliphatic heterocycles. The molecular formula is C12H15N. The van der Waals surface area contributed by atoms with Crippen molar-refractivity contribution in [2.45, 2.75) is 26.7 Å². The zero-order valence-corrected chi connectivity index (χ0v) is 8.22. The van der Waals surface area contributed by atoms with Crippen LogP contribution in [0, 0.1) is 10.8 Å². The molecule has 1 aliphatic carbocycles. The average Bonchev–Trinajstić information content (AvgIpc) is 2.13. The van der Waals surface area contributed by atoms with E-state index in [0.29, 0.717) is 0 Å². The topological polar surface area (TPSA) is 23.9 Å². The summed E-state index contributed by atoms with van der Waals surface area (Å²) in [7, 11) is 0. The summed E-state index contributed by atoms with van der Waals surface area (Å²) in [6.45, 7) is 4.32. The van der Waals surface area contributed by atoms with Gasteiger partial charge in [0.2, 0.25) is 0 Å². The second-order valence-electron chi connectivity index (χ2n) is 4.42. The molecule has 2 rings (SSSR count). The van der Waals surface area contributed by atoms with Crippen LogP contribution in [-0.2, 0) is 6.42 Å². The van der Waals surface area contributed by atoms with E-state index in [1.165, 1.54) is 5.56 Å². The standard InChI is InChI=1S/C12H15N/c1-12(2)8-7-9-5-3-4-6-10(9)11(12)13/h3-6,13H,7-8H2,1-2H3. The summed E-state index contributed by atoms with van der Waals surface area (Å²) >= 11 is 0. The lowest BCUT2D eigenvalue weighted by atomic mass is 9.73. The Morgan fingerprint density at radius 2 is 1.92 bits per heavy atom. The van der Waals surface area contributed by atoms with Gasteiger partial charge in [-0.05, 0) is 24.0 Å². The zero-order valence-electron chi connectivity index (χ0n) is 8.22. The minimum atomic E-state index is 0.0638. The van der Waals surface area contributed by atoms with Crippen LogP contribution < -0.4 is 0 Å². The fourth-order valence-corrected chi connectivity index (χ4v) is 1.92. The molecule has 13 heavy (non-hydrogen) atoms. The van der Waals surface area contributed by atoms with Crippen molar-refractivity contribution >= 4 is 5.71 Å². The normalized spacial score (nSPS) is 19.7. The van der Waals surface area contributed by atoms with Gasteiger partial charge in [-0.2, -0.15) is 0 Å². The van der Waals surface area contributed by atoms with E-state index in [0.717, 1.165) is 24.1 Å². The Morgan fingerprint density at radius 1 is 1.23 bits per heavy atom. The van der Waals surface area contributed by atoms with Crippen LogP contribution in [-0.4, -0.2) is 5.71 Å². The molecule has 68 valence electrons. The van der Waals surface area contributed by atoms with Gasteiger partial charge in [0.1, 0.15) is 0 Å². The fraction of sp³-hybridized carbons (Fsp3) is 0.417. The molecule has 0 bridgehead atoms. The molecule has 0 saturated carbocycles. The van der Waals surface area contributed by atoms with Gasteiger partial charge >= 0.3 is 0 Å². The number of hydrogen-bond acceptors (Lipinski definition) is 1. The summed E-state index contributed by atoms with van der Waals surface area (Å²) < 4.78 is 0. The van der Waals surface area contributed by atoms with E-state index in [-0.39, 0.29) is 5.41 Å². The van der Waals surface area contributed by atoms with Crippen molar-refractivity contribution in [2.75, 3.05) is 0 Å². The third-order valence-corrected chi connectivity index (χ3v) is 2.98. The SMILES string of the molecule is CC1(C)CCc2ccccc2C1=N. The van der Waals surface area contributed by atoms with Crippen LogP contribution in [0.25, 0.3) is 0 Å². The summed E-state index contributed by atoms with van der Waals surface area (Å²) in [5.41, 5.74) is 3.36. The van der Waals surface area contributed by atoms with Gasteiger partial charge in [-0.15, -0.1) is 0 Å². The maximum atomic E-state index is 8.07. The second-order valence-corrected chi connectivity index (χ2v) is 4.42. The van der Waals surface area contributed by atoms with Gasteiger partial charge in [-0.1, -0.05) is 38.1 Å². The summed E-state index contributed by atoms with van der Waals surface area (Å²) in [4.78, 5) is 0. The molecule has 0 unspecified atom stereocenters. The van der Waals surface area contributed by atoms with Crippen LogP contribution in [0.3, 0.4) is 0 Å². The molecule has 0 saturated heterocycles. The minimum Gasteiger partial charge on any atom is -0.304 e. The lowest BCUT2D eigenvalue weighted by molar-refractivity contribution is 0.462. The van der Waals surface area contributed by atoms with Crippen molar-refractivity contribution in [1.82, 2.24) is 0 Å². The Morgan fingerprint density at radius 3 is 2.69 bits per heavy atom. The van der Waals surface area contributed by atoms with Crippen molar-refractivity contribution in [3.05, 3.63) is 35.4 Å². The molecule has 1 N–H and O–H groups in total. The van der Waals surface area contributed by atoms with Gasteiger partial charge in [0.05, 0.1) is 0 Å². The first-order valence-electron chi connectivity index (χ1n) is 4.78. The summed E-state index contributed by atoms with van der Waals surface area (Å²) in [6, 6.07) is 8.29. The first-order valence-corrected chi connectivity index (χ1v) is 4.78. The number of fused-ring (bicyclic) bond motifs is 1. The molecule has 0 heterocycles. The molecule has 0 fully saturated rings. The summed E-state index contributed by atoms with van der Waals surface area (Å²) in [5, 5.41) is 8.07. The quantitative estimate of drug-likeness (QED) is 0.623. The fourth-order valence-electron chi connectivity index (χ4n) is 1.92. The first-order chi connectivity index (χ1) is 6.11. The highest BCUT2D eigenvalue weighted by Gasteiger charge is 2.30. The number of nitrogens with one attached hydrogen (secondary N) is 1. The van der Waals surface area contributed by atoms with Crippen LogP contribution in [0.2, 0.25) is 0 Å². The van der Waals surface area contributed by atoms with E-state index in [1.807, 2.05) is 6.07 Å². The van der Waals surface area contributed by atoms with Crippen LogP contribution in [0.1, 0.15) is 31.4 Å². The number of rotatable bonds is 0. The first kappa shape index (κ1) is 8.49. The van der Waals surface area contributed by atoms with E-state index in [2.05, 4.69) is 32.0 Å². The number of aryl methyl sites for hydroxylation is 1. The molecular weight excluding hydrogens is 158 g/mol. The molecule has 1 aromatic rings. The predicted molar refractivity (Wildman–Crippen MR) is 55.4 cm³/mol. The summed E-state index contributed by atoms with van der Waals surface area (Å²) in [5.74, 6) is 0. The van der Waals surface area contributed by atoms with Gasteiger partial charge in [-0.3, -0.25) is 0 Å². The van der Waals surface area contributed by atoms with Crippen molar-refractivity contribution in [3.63, 3.8) is 0 Å². The van der Waals surface area contributed by atoms with E-state index in [4.69, 9.17) is 5.41 Å². The third kappa shape index (κ3) is 1.28. The lowest BCUT2D eigenvalue weighted by Crippen LogP contribution is -2.30. The maximum Gasteiger partial charge on any atom is 0.0445 e. The lowest BCUT2D eigenvalue weighted by Gasteiger charge is -2.32. The van der Waals surface area contributed by atoms with Crippen molar-refractivity contribution in [3.8, 4) is 0 Å². The Labute approximate surface area is 79.3 Å². The van der Waals surface area contributed by atoms with E-state index >= 15 is 0 Å². The highest BCUT2D eigenvalue weighted by molar-refractivity contribution is 6.04. The van der Waals surface area contributed by atoms with Gasteiger partial charge in [0, 0.05) is 11.1 Å². The molecule has 0 aromatic heterocycles. The molecule has 1 aromatic carbocycles. The molecule has 0 radical (unpaired) electrons. The molecule has 0 amide bonds. The van der Waals surface area contributed by atoms with Gasteiger partial charge in [-0.25, -0.2) is 0 Å². The Hall–Kier alpha value is -1.11. The van der Waals surface area contributed by atoms with Gasteiger partial charge < -0.3 is 5.41 Å². The minimum absolute atomic E-state index is 0.0638. The van der Waals surface area contributed by atoms with E-state index in [9.17, 15) is 0 Å². The number of hydrogen-bond donors (Lipinski definition) is 1. The Balaban J connectivity index is 2.52. The van der Waals surface area contributed by atoms with Crippen molar-refractivity contribution in [1.29, 1.82) is 5.41 Å². The third-order valence-electron chi connectivity index (χ3n) is 2.98. The van der Waals surface area contributed by atoms with Crippen molar-refractivity contribution < 1.29 is 0 Å². The largest absolute Gasteiger partial charge is 0.304 e. The second kappa shape index (κ2) is 2.69.